The Morgan fingerprint density at radius 3 is 2.35 bits per heavy atom. The van der Waals surface area contributed by atoms with Crippen LogP contribution in [-0.4, -0.2) is 5.91 Å². The number of halogens is 2. The molecule has 2 rings (SSSR count). The zero-order valence-corrected chi connectivity index (χ0v) is 12.8. The summed E-state index contributed by atoms with van der Waals surface area (Å²) in [4.78, 5) is 12.2. The van der Waals surface area contributed by atoms with Gasteiger partial charge in [-0.05, 0) is 37.6 Å². The van der Waals surface area contributed by atoms with Crippen LogP contribution in [0.5, 0.6) is 0 Å². The van der Waals surface area contributed by atoms with Gasteiger partial charge in [0.15, 0.2) is 0 Å². The largest absolute Gasteiger partial charge is 0.345 e. The smallest absolute Gasteiger partial charge is 0.253 e. The predicted molar refractivity (Wildman–Crippen MR) is 83.5 cm³/mol. The van der Waals surface area contributed by atoms with Crippen molar-refractivity contribution in [1.29, 1.82) is 0 Å². The van der Waals surface area contributed by atoms with Crippen LogP contribution < -0.4 is 5.32 Å². The van der Waals surface area contributed by atoms with E-state index in [1.165, 1.54) is 5.56 Å². The number of carbonyl (C=O) groups excluding carboxylic acids is 1. The van der Waals surface area contributed by atoms with Gasteiger partial charge < -0.3 is 5.32 Å². The average molecular weight is 308 g/mol. The molecule has 0 aliphatic rings. The number of amides is 1. The van der Waals surface area contributed by atoms with E-state index in [0.717, 1.165) is 5.56 Å². The molecule has 2 aromatic rings. The summed E-state index contributed by atoms with van der Waals surface area (Å²) in [6.45, 7) is 3.97. The lowest BCUT2D eigenvalue weighted by Crippen LogP contribution is -2.26. The molecular formula is C16H15Cl2NO. The topological polar surface area (TPSA) is 29.1 Å². The minimum Gasteiger partial charge on any atom is -0.345 e. The highest BCUT2D eigenvalue weighted by Crippen LogP contribution is 2.22. The Kier molecular flexibility index (Phi) is 4.69. The molecule has 0 aliphatic heterocycles. The van der Waals surface area contributed by atoms with Crippen molar-refractivity contribution in [3.05, 3.63) is 69.2 Å². The van der Waals surface area contributed by atoms with E-state index >= 15 is 0 Å². The molecule has 0 radical (unpaired) electrons. The van der Waals surface area contributed by atoms with Gasteiger partial charge >= 0.3 is 0 Å². The summed E-state index contributed by atoms with van der Waals surface area (Å²) in [7, 11) is 0. The van der Waals surface area contributed by atoms with Crippen molar-refractivity contribution in [3.63, 3.8) is 0 Å². The highest BCUT2D eigenvalue weighted by Gasteiger charge is 2.14. The molecule has 0 heterocycles. The summed E-state index contributed by atoms with van der Waals surface area (Å²) < 4.78 is 0. The van der Waals surface area contributed by atoms with Crippen molar-refractivity contribution >= 4 is 29.1 Å². The lowest BCUT2D eigenvalue weighted by atomic mass is 10.1. The lowest BCUT2D eigenvalue weighted by molar-refractivity contribution is 0.0940. The molecule has 1 atom stereocenters. The van der Waals surface area contributed by atoms with Gasteiger partial charge in [-0.15, -0.1) is 0 Å². The molecule has 4 heteroatoms. The molecule has 0 unspecified atom stereocenters. The normalized spacial score (nSPS) is 12.0. The van der Waals surface area contributed by atoms with Gasteiger partial charge in [-0.2, -0.15) is 0 Å². The first-order valence-electron chi connectivity index (χ1n) is 6.30. The molecule has 0 aliphatic carbocycles. The summed E-state index contributed by atoms with van der Waals surface area (Å²) in [5, 5.41) is 3.79. The van der Waals surface area contributed by atoms with E-state index in [9.17, 15) is 4.79 Å². The SMILES string of the molecule is Cc1ccc([C@H](C)NC(=O)c2ccc(Cl)cc2Cl)cc1. The second-order valence-corrected chi connectivity index (χ2v) is 5.57. The summed E-state index contributed by atoms with van der Waals surface area (Å²) in [6, 6.07) is 12.8. The molecular weight excluding hydrogens is 293 g/mol. The number of hydrogen-bond donors (Lipinski definition) is 1. The number of aryl methyl sites for hydroxylation is 1. The third-order valence-electron chi connectivity index (χ3n) is 3.10. The summed E-state index contributed by atoms with van der Waals surface area (Å²) in [5.74, 6) is -0.209. The monoisotopic (exact) mass is 307 g/mol. The van der Waals surface area contributed by atoms with Crippen molar-refractivity contribution < 1.29 is 4.79 Å². The molecule has 0 saturated heterocycles. The van der Waals surface area contributed by atoms with Crippen molar-refractivity contribution in [1.82, 2.24) is 5.32 Å². The Labute approximate surface area is 128 Å². The van der Waals surface area contributed by atoms with Gasteiger partial charge in [0.2, 0.25) is 0 Å². The van der Waals surface area contributed by atoms with Gasteiger partial charge in [-0.1, -0.05) is 53.0 Å². The van der Waals surface area contributed by atoms with Gasteiger partial charge in [0, 0.05) is 5.02 Å². The first-order valence-corrected chi connectivity index (χ1v) is 7.05. The van der Waals surface area contributed by atoms with Crippen LogP contribution in [0.4, 0.5) is 0 Å². The second-order valence-electron chi connectivity index (χ2n) is 4.73. The fourth-order valence-electron chi connectivity index (χ4n) is 1.89. The van der Waals surface area contributed by atoms with E-state index in [1.807, 2.05) is 38.1 Å². The Morgan fingerprint density at radius 2 is 1.75 bits per heavy atom. The summed E-state index contributed by atoms with van der Waals surface area (Å²) >= 11 is 11.9. The molecule has 1 amide bonds. The van der Waals surface area contributed by atoms with Gasteiger partial charge in [-0.3, -0.25) is 4.79 Å². The third-order valence-corrected chi connectivity index (χ3v) is 3.65. The van der Waals surface area contributed by atoms with Crippen LogP contribution in [-0.2, 0) is 0 Å². The van der Waals surface area contributed by atoms with Crippen LogP contribution in [0, 0.1) is 6.92 Å². The Bertz CT molecular complexity index is 623. The summed E-state index contributed by atoms with van der Waals surface area (Å²) in [5.41, 5.74) is 2.66. The summed E-state index contributed by atoms with van der Waals surface area (Å²) in [6.07, 6.45) is 0. The number of hydrogen-bond acceptors (Lipinski definition) is 1. The van der Waals surface area contributed by atoms with Gasteiger partial charge in [-0.25, -0.2) is 0 Å². The van der Waals surface area contributed by atoms with E-state index in [2.05, 4.69) is 5.32 Å². The van der Waals surface area contributed by atoms with Crippen molar-refractivity contribution in [3.8, 4) is 0 Å². The maximum absolute atomic E-state index is 12.2. The molecule has 0 aromatic heterocycles. The molecule has 1 N–H and O–H groups in total. The van der Waals surface area contributed by atoms with Crippen LogP contribution in [0.1, 0.15) is 34.5 Å². The maximum atomic E-state index is 12.2. The van der Waals surface area contributed by atoms with Crippen molar-refractivity contribution in [2.24, 2.45) is 0 Å². The van der Waals surface area contributed by atoms with Crippen LogP contribution in [0.3, 0.4) is 0 Å². The molecule has 0 spiro atoms. The number of rotatable bonds is 3. The number of carbonyl (C=O) groups is 1. The highest BCUT2D eigenvalue weighted by atomic mass is 35.5. The fraction of sp³-hybridized carbons (Fsp3) is 0.188. The second kappa shape index (κ2) is 6.29. The van der Waals surface area contributed by atoms with Crippen LogP contribution in [0.2, 0.25) is 10.0 Å². The molecule has 0 saturated carbocycles. The average Bonchev–Trinajstić information content (AvgIpc) is 2.39. The van der Waals surface area contributed by atoms with Crippen molar-refractivity contribution in [2.75, 3.05) is 0 Å². The van der Waals surface area contributed by atoms with Crippen LogP contribution >= 0.6 is 23.2 Å². The Balaban J connectivity index is 2.13. The number of benzene rings is 2. The molecule has 2 nitrogen and oxygen atoms in total. The standard InChI is InChI=1S/C16H15Cl2NO/c1-10-3-5-12(6-4-10)11(2)19-16(20)14-8-7-13(17)9-15(14)18/h3-9,11H,1-2H3,(H,19,20)/t11-/m0/s1. The fourth-order valence-corrected chi connectivity index (χ4v) is 2.38. The van der Waals surface area contributed by atoms with Crippen LogP contribution in [0.15, 0.2) is 42.5 Å². The minimum atomic E-state index is -0.209. The Morgan fingerprint density at radius 1 is 1.10 bits per heavy atom. The first kappa shape index (κ1) is 14.9. The quantitative estimate of drug-likeness (QED) is 0.867. The van der Waals surface area contributed by atoms with Gasteiger partial charge in [0.1, 0.15) is 0 Å². The van der Waals surface area contributed by atoms with Crippen molar-refractivity contribution in [2.45, 2.75) is 19.9 Å². The van der Waals surface area contributed by atoms with Gasteiger partial charge in [0.05, 0.1) is 16.6 Å². The van der Waals surface area contributed by atoms with Crippen LogP contribution in [0.25, 0.3) is 0 Å². The molecule has 0 bridgehead atoms. The minimum absolute atomic E-state index is 0.0881. The van der Waals surface area contributed by atoms with Gasteiger partial charge in [0.25, 0.3) is 5.91 Å². The van der Waals surface area contributed by atoms with E-state index < -0.39 is 0 Å². The zero-order valence-electron chi connectivity index (χ0n) is 11.3. The van der Waals surface area contributed by atoms with E-state index in [4.69, 9.17) is 23.2 Å². The van der Waals surface area contributed by atoms with E-state index in [-0.39, 0.29) is 11.9 Å². The highest BCUT2D eigenvalue weighted by molar-refractivity contribution is 6.36. The number of nitrogens with one attached hydrogen (secondary N) is 1. The third kappa shape index (κ3) is 3.53. The molecule has 0 fully saturated rings. The Hall–Kier alpha value is -1.51. The zero-order chi connectivity index (χ0) is 14.7. The molecule has 2 aromatic carbocycles. The molecule has 20 heavy (non-hydrogen) atoms. The maximum Gasteiger partial charge on any atom is 0.253 e. The predicted octanol–water partition coefficient (Wildman–Crippen LogP) is 4.79. The molecule has 104 valence electrons. The lowest BCUT2D eigenvalue weighted by Gasteiger charge is -2.15. The van der Waals surface area contributed by atoms with E-state index in [1.54, 1.807) is 18.2 Å². The first-order chi connectivity index (χ1) is 9.47. The van der Waals surface area contributed by atoms with E-state index in [0.29, 0.717) is 15.6 Å².